The molecule has 0 radical (unpaired) electrons. The lowest BCUT2D eigenvalue weighted by atomic mass is 10.2. The van der Waals surface area contributed by atoms with Gasteiger partial charge in [-0.3, -0.25) is 0 Å². The van der Waals surface area contributed by atoms with Crippen LogP contribution >= 0.6 is 11.5 Å². The molecule has 1 aliphatic heterocycles. The Bertz CT molecular complexity index is 356. The fourth-order valence-corrected chi connectivity index (χ4v) is 2.33. The summed E-state index contributed by atoms with van der Waals surface area (Å²) < 4.78 is 15.6. The average molecular weight is 257 g/mol. The van der Waals surface area contributed by atoms with Crippen molar-refractivity contribution in [3.8, 4) is 5.19 Å². The van der Waals surface area contributed by atoms with Gasteiger partial charge in [-0.25, -0.2) is 0 Å². The van der Waals surface area contributed by atoms with E-state index in [0.717, 1.165) is 18.9 Å². The van der Waals surface area contributed by atoms with Crippen LogP contribution in [0.15, 0.2) is 0 Å². The molecule has 0 aliphatic carbocycles. The Morgan fingerprint density at radius 1 is 1.53 bits per heavy atom. The first-order valence-electron chi connectivity index (χ1n) is 5.97. The standard InChI is InChI=1S/C11H19N3O2S/c1-7(2)10-13-11(17-14-10)15-6-9-5-12-4-8(3)16-9/h7-9,12H,4-6H2,1-3H3. The van der Waals surface area contributed by atoms with Crippen molar-refractivity contribution >= 4 is 11.5 Å². The molecule has 1 N–H and O–H groups in total. The molecule has 0 amide bonds. The van der Waals surface area contributed by atoms with E-state index in [2.05, 4.69) is 35.4 Å². The number of hydrogen-bond donors (Lipinski definition) is 1. The maximum atomic E-state index is 5.73. The van der Waals surface area contributed by atoms with Crippen LogP contribution in [0, 0.1) is 0 Å². The summed E-state index contributed by atoms with van der Waals surface area (Å²) in [5.74, 6) is 1.19. The largest absolute Gasteiger partial charge is 0.466 e. The highest BCUT2D eigenvalue weighted by molar-refractivity contribution is 7.07. The number of rotatable bonds is 4. The summed E-state index contributed by atoms with van der Waals surface area (Å²) in [5, 5.41) is 3.94. The first-order chi connectivity index (χ1) is 8.15. The van der Waals surface area contributed by atoms with Gasteiger partial charge in [-0.05, 0) is 6.92 Å². The Morgan fingerprint density at radius 2 is 2.35 bits per heavy atom. The van der Waals surface area contributed by atoms with Gasteiger partial charge >= 0.3 is 0 Å². The zero-order valence-corrected chi connectivity index (χ0v) is 11.3. The lowest BCUT2D eigenvalue weighted by Crippen LogP contribution is -2.45. The normalized spacial score (nSPS) is 25.2. The molecule has 2 heterocycles. The molecule has 0 saturated carbocycles. The zero-order valence-electron chi connectivity index (χ0n) is 10.5. The molecule has 1 aromatic rings. The van der Waals surface area contributed by atoms with Crippen LogP contribution in [0.5, 0.6) is 5.19 Å². The molecule has 96 valence electrons. The zero-order chi connectivity index (χ0) is 12.3. The number of nitrogens with zero attached hydrogens (tertiary/aromatic N) is 2. The van der Waals surface area contributed by atoms with Crippen molar-refractivity contribution < 1.29 is 9.47 Å². The third-order valence-electron chi connectivity index (χ3n) is 2.56. The second kappa shape index (κ2) is 5.75. The van der Waals surface area contributed by atoms with E-state index in [1.54, 1.807) is 0 Å². The van der Waals surface area contributed by atoms with E-state index in [-0.39, 0.29) is 12.2 Å². The Kier molecular flexibility index (Phi) is 4.31. The number of nitrogens with one attached hydrogen (secondary N) is 1. The van der Waals surface area contributed by atoms with Gasteiger partial charge < -0.3 is 14.8 Å². The van der Waals surface area contributed by atoms with Crippen molar-refractivity contribution in [1.29, 1.82) is 0 Å². The number of ether oxygens (including phenoxy) is 2. The van der Waals surface area contributed by atoms with Gasteiger partial charge in [-0.1, -0.05) is 13.8 Å². The minimum atomic E-state index is 0.102. The van der Waals surface area contributed by atoms with Gasteiger partial charge in [0, 0.05) is 30.5 Å². The molecule has 1 aromatic heterocycles. The average Bonchev–Trinajstić information content (AvgIpc) is 2.75. The lowest BCUT2D eigenvalue weighted by molar-refractivity contribution is -0.0470. The molecule has 2 rings (SSSR count). The summed E-state index contributed by atoms with van der Waals surface area (Å²) in [6.07, 6.45) is 0.350. The Hall–Kier alpha value is -0.720. The van der Waals surface area contributed by atoms with E-state index in [0.29, 0.717) is 17.7 Å². The molecule has 0 spiro atoms. The number of hydrogen-bond acceptors (Lipinski definition) is 6. The second-order valence-electron chi connectivity index (χ2n) is 4.61. The van der Waals surface area contributed by atoms with Crippen molar-refractivity contribution in [2.24, 2.45) is 0 Å². The highest BCUT2D eigenvalue weighted by Gasteiger charge is 2.20. The van der Waals surface area contributed by atoms with Gasteiger partial charge in [0.15, 0.2) is 0 Å². The van der Waals surface area contributed by atoms with Gasteiger partial charge in [0.25, 0.3) is 5.19 Å². The first kappa shape index (κ1) is 12.7. The van der Waals surface area contributed by atoms with Gasteiger partial charge in [-0.15, -0.1) is 0 Å². The van der Waals surface area contributed by atoms with Crippen LogP contribution in [0.3, 0.4) is 0 Å². The molecule has 0 aromatic carbocycles. The van der Waals surface area contributed by atoms with Gasteiger partial charge in [0.1, 0.15) is 18.5 Å². The minimum Gasteiger partial charge on any atom is -0.466 e. The third kappa shape index (κ3) is 3.62. The molecule has 1 fully saturated rings. The van der Waals surface area contributed by atoms with Crippen LogP contribution in [0.4, 0.5) is 0 Å². The van der Waals surface area contributed by atoms with Crippen molar-refractivity contribution in [3.63, 3.8) is 0 Å². The Morgan fingerprint density at radius 3 is 3.00 bits per heavy atom. The van der Waals surface area contributed by atoms with Gasteiger partial charge in [0.2, 0.25) is 0 Å². The monoisotopic (exact) mass is 257 g/mol. The molecule has 1 saturated heterocycles. The molecule has 2 atom stereocenters. The van der Waals surface area contributed by atoms with Gasteiger partial charge in [-0.2, -0.15) is 9.36 Å². The summed E-state index contributed by atoms with van der Waals surface area (Å²) in [7, 11) is 0. The Balaban J connectivity index is 1.80. The van der Waals surface area contributed by atoms with E-state index < -0.39 is 0 Å². The number of aromatic nitrogens is 2. The third-order valence-corrected chi connectivity index (χ3v) is 3.20. The van der Waals surface area contributed by atoms with Crippen molar-refractivity contribution in [2.45, 2.75) is 38.9 Å². The van der Waals surface area contributed by atoms with E-state index in [4.69, 9.17) is 9.47 Å². The van der Waals surface area contributed by atoms with Crippen molar-refractivity contribution in [3.05, 3.63) is 5.82 Å². The first-order valence-corrected chi connectivity index (χ1v) is 6.75. The van der Waals surface area contributed by atoms with E-state index >= 15 is 0 Å². The molecular formula is C11H19N3O2S. The van der Waals surface area contributed by atoms with Crippen LogP contribution in [-0.4, -0.2) is 41.3 Å². The predicted octanol–water partition coefficient (Wildman–Crippen LogP) is 1.42. The quantitative estimate of drug-likeness (QED) is 0.884. The van der Waals surface area contributed by atoms with Crippen LogP contribution in [0.2, 0.25) is 0 Å². The lowest BCUT2D eigenvalue weighted by Gasteiger charge is -2.28. The van der Waals surface area contributed by atoms with Crippen LogP contribution in [-0.2, 0) is 4.74 Å². The molecule has 17 heavy (non-hydrogen) atoms. The topological polar surface area (TPSA) is 56.3 Å². The van der Waals surface area contributed by atoms with E-state index in [1.165, 1.54) is 11.5 Å². The minimum absolute atomic E-state index is 0.102. The van der Waals surface area contributed by atoms with Crippen LogP contribution in [0.1, 0.15) is 32.5 Å². The van der Waals surface area contributed by atoms with Crippen molar-refractivity contribution in [2.75, 3.05) is 19.7 Å². The second-order valence-corrected chi connectivity index (χ2v) is 5.33. The maximum absolute atomic E-state index is 5.73. The molecular weight excluding hydrogens is 238 g/mol. The van der Waals surface area contributed by atoms with Crippen LogP contribution < -0.4 is 10.1 Å². The van der Waals surface area contributed by atoms with E-state index in [1.807, 2.05) is 0 Å². The highest BCUT2D eigenvalue weighted by atomic mass is 32.1. The maximum Gasteiger partial charge on any atom is 0.293 e. The highest BCUT2D eigenvalue weighted by Crippen LogP contribution is 2.19. The van der Waals surface area contributed by atoms with Crippen molar-refractivity contribution in [1.82, 2.24) is 14.7 Å². The molecule has 2 unspecified atom stereocenters. The molecule has 6 heteroatoms. The summed E-state index contributed by atoms with van der Waals surface area (Å²) in [6.45, 7) is 8.47. The molecule has 1 aliphatic rings. The predicted molar refractivity (Wildman–Crippen MR) is 66.7 cm³/mol. The Labute approximate surface area is 106 Å². The fourth-order valence-electron chi connectivity index (χ4n) is 1.65. The molecule has 5 nitrogen and oxygen atoms in total. The van der Waals surface area contributed by atoms with Gasteiger partial charge in [0.05, 0.1) is 6.10 Å². The summed E-state index contributed by atoms with van der Waals surface area (Å²) >= 11 is 1.31. The smallest absolute Gasteiger partial charge is 0.293 e. The summed E-state index contributed by atoms with van der Waals surface area (Å²) in [5.41, 5.74) is 0. The summed E-state index contributed by atoms with van der Waals surface area (Å²) in [6, 6.07) is 0. The number of morpholine rings is 1. The SMILES string of the molecule is CC1CNCC(COc2nc(C(C)C)ns2)O1. The fraction of sp³-hybridized carbons (Fsp3) is 0.818. The molecule has 0 bridgehead atoms. The van der Waals surface area contributed by atoms with Crippen LogP contribution in [0.25, 0.3) is 0 Å². The van der Waals surface area contributed by atoms with E-state index in [9.17, 15) is 0 Å². The summed E-state index contributed by atoms with van der Waals surface area (Å²) in [4.78, 5) is 4.32.